The summed E-state index contributed by atoms with van der Waals surface area (Å²) in [5.41, 5.74) is 1.29. The number of hydrogen-bond acceptors (Lipinski definition) is 4. The maximum atomic E-state index is 11.9. The molecule has 5 nitrogen and oxygen atoms in total. The zero-order valence-corrected chi connectivity index (χ0v) is 13.6. The van der Waals surface area contributed by atoms with Gasteiger partial charge >= 0.3 is 0 Å². The van der Waals surface area contributed by atoms with Gasteiger partial charge in [-0.15, -0.1) is 24.2 Å². The van der Waals surface area contributed by atoms with Gasteiger partial charge in [-0.1, -0.05) is 0 Å². The lowest BCUT2D eigenvalue weighted by atomic mass is 10.2. The summed E-state index contributed by atoms with van der Waals surface area (Å²) >= 11 is 1.71. The predicted molar refractivity (Wildman–Crippen MR) is 89.2 cm³/mol. The number of thioether (sulfide) groups is 1. The first kappa shape index (κ1) is 17.8. The SMILES string of the molecule is CC(C)NC(=O)c1ccc(NC(=O)C2CSCN2)cc1.Cl. The molecule has 1 aliphatic rings. The van der Waals surface area contributed by atoms with Crippen LogP contribution in [0.5, 0.6) is 0 Å². The van der Waals surface area contributed by atoms with Crippen molar-refractivity contribution in [2.45, 2.75) is 25.9 Å². The van der Waals surface area contributed by atoms with Gasteiger partial charge in [0.1, 0.15) is 0 Å². The van der Waals surface area contributed by atoms with Gasteiger partial charge in [-0.25, -0.2) is 0 Å². The second-order valence-electron chi connectivity index (χ2n) is 4.97. The Labute approximate surface area is 135 Å². The number of halogens is 1. The fraction of sp³-hybridized carbons (Fsp3) is 0.429. The molecule has 116 valence electrons. The Morgan fingerprint density at radius 1 is 1.29 bits per heavy atom. The smallest absolute Gasteiger partial charge is 0.251 e. The number of hydrogen-bond donors (Lipinski definition) is 3. The van der Waals surface area contributed by atoms with E-state index in [0.717, 1.165) is 11.6 Å². The molecule has 1 aromatic carbocycles. The summed E-state index contributed by atoms with van der Waals surface area (Å²) in [6.45, 7) is 3.83. The van der Waals surface area contributed by atoms with Crippen molar-refractivity contribution in [1.82, 2.24) is 10.6 Å². The summed E-state index contributed by atoms with van der Waals surface area (Å²) in [5, 5.41) is 8.78. The maximum absolute atomic E-state index is 11.9. The molecule has 21 heavy (non-hydrogen) atoms. The summed E-state index contributed by atoms with van der Waals surface area (Å²) in [5.74, 6) is 1.47. The maximum Gasteiger partial charge on any atom is 0.251 e. The van der Waals surface area contributed by atoms with E-state index in [9.17, 15) is 9.59 Å². The van der Waals surface area contributed by atoms with Gasteiger partial charge in [-0.05, 0) is 38.1 Å². The zero-order valence-electron chi connectivity index (χ0n) is 12.0. The molecule has 2 amide bonds. The summed E-state index contributed by atoms with van der Waals surface area (Å²) in [7, 11) is 0. The van der Waals surface area contributed by atoms with E-state index < -0.39 is 0 Å². The highest BCUT2D eigenvalue weighted by Gasteiger charge is 2.22. The molecular formula is C14H20ClN3O2S. The average Bonchev–Trinajstić information content (AvgIpc) is 2.92. The van der Waals surface area contributed by atoms with Crippen LogP contribution in [0.4, 0.5) is 5.69 Å². The molecule has 0 saturated carbocycles. The van der Waals surface area contributed by atoms with Gasteiger partial charge in [0.15, 0.2) is 0 Å². The van der Waals surface area contributed by atoms with E-state index in [0.29, 0.717) is 11.3 Å². The van der Waals surface area contributed by atoms with Gasteiger partial charge < -0.3 is 10.6 Å². The first-order valence-corrected chi connectivity index (χ1v) is 7.74. The molecule has 0 aromatic heterocycles. The molecule has 0 aliphatic carbocycles. The van der Waals surface area contributed by atoms with E-state index in [4.69, 9.17) is 0 Å². The van der Waals surface area contributed by atoms with Crippen LogP contribution in [-0.2, 0) is 4.79 Å². The van der Waals surface area contributed by atoms with E-state index in [1.54, 1.807) is 36.0 Å². The largest absolute Gasteiger partial charge is 0.350 e. The van der Waals surface area contributed by atoms with Crippen LogP contribution in [0, 0.1) is 0 Å². The summed E-state index contributed by atoms with van der Waals surface area (Å²) in [4.78, 5) is 23.7. The van der Waals surface area contributed by atoms with Crippen LogP contribution in [0.15, 0.2) is 24.3 Å². The van der Waals surface area contributed by atoms with E-state index in [-0.39, 0.29) is 36.3 Å². The fourth-order valence-corrected chi connectivity index (χ4v) is 2.79. The molecule has 0 bridgehead atoms. The van der Waals surface area contributed by atoms with E-state index in [2.05, 4.69) is 16.0 Å². The van der Waals surface area contributed by atoms with Gasteiger partial charge in [-0.3, -0.25) is 14.9 Å². The van der Waals surface area contributed by atoms with Crippen molar-refractivity contribution in [1.29, 1.82) is 0 Å². The van der Waals surface area contributed by atoms with Crippen LogP contribution in [0.2, 0.25) is 0 Å². The van der Waals surface area contributed by atoms with Crippen molar-refractivity contribution in [3.8, 4) is 0 Å². The van der Waals surface area contributed by atoms with Crippen molar-refractivity contribution in [3.05, 3.63) is 29.8 Å². The van der Waals surface area contributed by atoms with Crippen molar-refractivity contribution in [3.63, 3.8) is 0 Å². The van der Waals surface area contributed by atoms with Gasteiger partial charge in [-0.2, -0.15) is 0 Å². The fourth-order valence-electron chi connectivity index (χ4n) is 1.84. The minimum absolute atomic E-state index is 0. The van der Waals surface area contributed by atoms with Gasteiger partial charge in [0.25, 0.3) is 5.91 Å². The molecule has 1 aliphatic heterocycles. The topological polar surface area (TPSA) is 70.2 Å². The van der Waals surface area contributed by atoms with Crippen molar-refractivity contribution >= 4 is 41.7 Å². The number of carbonyl (C=O) groups is 2. The minimum Gasteiger partial charge on any atom is -0.350 e. The van der Waals surface area contributed by atoms with Crippen LogP contribution in [-0.4, -0.2) is 35.5 Å². The number of carbonyl (C=O) groups excluding carboxylic acids is 2. The van der Waals surface area contributed by atoms with Crippen molar-refractivity contribution < 1.29 is 9.59 Å². The van der Waals surface area contributed by atoms with E-state index >= 15 is 0 Å². The monoisotopic (exact) mass is 329 g/mol. The molecule has 7 heteroatoms. The molecule has 2 rings (SSSR count). The number of anilines is 1. The third kappa shape index (κ3) is 5.22. The molecule has 1 saturated heterocycles. The van der Waals surface area contributed by atoms with Crippen LogP contribution in [0.3, 0.4) is 0 Å². The lowest BCUT2D eigenvalue weighted by molar-refractivity contribution is -0.117. The van der Waals surface area contributed by atoms with Gasteiger partial charge in [0.05, 0.1) is 6.04 Å². The van der Waals surface area contributed by atoms with E-state index in [1.807, 2.05) is 13.8 Å². The van der Waals surface area contributed by atoms with Crippen molar-refractivity contribution in [2.24, 2.45) is 0 Å². The average molecular weight is 330 g/mol. The highest BCUT2D eigenvalue weighted by atomic mass is 35.5. The molecule has 0 spiro atoms. The molecule has 1 heterocycles. The molecule has 3 N–H and O–H groups in total. The Hall–Kier alpha value is -1.24. The van der Waals surface area contributed by atoms with Crippen LogP contribution in [0.1, 0.15) is 24.2 Å². The van der Waals surface area contributed by atoms with Crippen LogP contribution in [0.25, 0.3) is 0 Å². The Morgan fingerprint density at radius 3 is 2.48 bits per heavy atom. The second kappa shape index (κ2) is 8.26. The molecule has 1 aromatic rings. The molecule has 1 unspecified atom stereocenters. The predicted octanol–water partition coefficient (Wildman–Crippen LogP) is 1.85. The van der Waals surface area contributed by atoms with Crippen LogP contribution < -0.4 is 16.0 Å². The summed E-state index contributed by atoms with van der Waals surface area (Å²) in [6, 6.07) is 6.88. The molecule has 0 radical (unpaired) electrons. The normalized spacial score (nSPS) is 17.2. The Morgan fingerprint density at radius 2 is 1.95 bits per heavy atom. The van der Waals surface area contributed by atoms with Gasteiger partial charge in [0.2, 0.25) is 5.91 Å². The third-order valence-corrected chi connectivity index (χ3v) is 3.81. The summed E-state index contributed by atoms with van der Waals surface area (Å²) in [6.07, 6.45) is 0. The van der Waals surface area contributed by atoms with Gasteiger partial charge in [0, 0.05) is 28.9 Å². The van der Waals surface area contributed by atoms with E-state index in [1.165, 1.54) is 0 Å². The van der Waals surface area contributed by atoms with Crippen molar-refractivity contribution in [2.75, 3.05) is 16.9 Å². The number of benzene rings is 1. The highest BCUT2D eigenvalue weighted by Crippen LogP contribution is 2.14. The third-order valence-electron chi connectivity index (χ3n) is 2.87. The lowest BCUT2D eigenvalue weighted by Crippen LogP contribution is -2.37. The molecule has 1 atom stereocenters. The standard InChI is InChI=1S/C14H19N3O2S.ClH/c1-9(2)16-13(18)10-3-5-11(6-4-10)17-14(19)12-7-20-8-15-12;/h3-6,9,12,15H,7-8H2,1-2H3,(H,16,18)(H,17,19);1H. The zero-order chi connectivity index (χ0) is 14.5. The first-order chi connectivity index (χ1) is 9.56. The number of amides is 2. The lowest BCUT2D eigenvalue weighted by Gasteiger charge is -2.11. The number of nitrogens with one attached hydrogen (secondary N) is 3. The minimum atomic E-state index is -0.135. The molecular weight excluding hydrogens is 310 g/mol. The Kier molecular flexibility index (Phi) is 7.01. The Balaban J connectivity index is 0.00000220. The Bertz CT molecular complexity index is 487. The molecule has 1 fully saturated rings. The quantitative estimate of drug-likeness (QED) is 0.788. The summed E-state index contributed by atoms with van der Waals surface area (Å²) < 4.78 is 0. The number of rotatable bonds is 4. The van der Waals surface area contributed by atoms with Crippen LogP contribution >= 0.6 is 24.2 Å². The first-order valence-electron chi connectivity index (χ1n) is 6.59. The second-order valence-corrected chi connectivity index (χ2v) is 6.00. The highest BCUT2D eigenvalue weighted by molar-refractivity contribution is 7.99.